The van der Waals surface area contributed by atoms with Gasteiger partial charge in [-0.05, 0) is 6.42 Å². The molecular weight excluding hydrogens is 388 g/mol. The molecule has 0 amide bonds. The number of Topliss-reactive ketones (excluding diaryl/α,β-unsaturated/α-hetero) is 1. The molecule has 0 aliphatic heterocycles. The maximum atomic E-state index is 14.0. The Kier molecular flexibility index (Phi) is 5.77. The molecular formula is C22H14F4O3. The van der Waals surface area contributed by atoms with E-state index in [-0.39, 0.29) is 12.2 Å². The van der Waals surface area contributed by atoms with Crippen LogP contribution in [0.2, 0.25) is 0 Å². The molecule has 0 heterocycles. The molecule has 29 heavy (non-hydrogen) atoms. The van der Waals surface area contributed by atoms with E-state index in [0.717, 1.165) is 0 Å². The lowest BCUT2D eigenvalue weighted by Gasteiger charge is -2.16. The van der Waals surface area contributed by atoms with E-state index in [1.54, 1.807) is 30.3 Å². The van der Waals surface area contributed by atoms with Crippen LogP contribution in [-0.2, 0) is 4.79 Å². The fraction of sp³-hybridized carbons (Fsp3) is 0.0909. The number of benzene rings is 2. The predicted octanol–water partition coefficient (Wildman–Crippen LogP) is 5.18. The van der Waals surface area contributed by atoms with Crippen LogP contribution in [-0.4, -0.2) is 11.8 Å². The van der Waals surface area contributed by atoms with Gasteiger partial charge in [0.15, 0.2) is 17.4 Å². The Labute approximate surface area is 163 Å². The van der Waals surface area contributed by atoms with Gasteiger partial charge in [-0.1, -0.05) is 61.2 Å². The van der Waals surface area contributed by atoms with Gasteiger partial charge in [0.1, 0.15) is 0 Å². The molecule has 0 N–H and O–H groups in total. The molecule has 1 aliphatic carbocycles. The van der Waals surface area contributed by atoms with E-state index in [0.29, 0.717) is 17.2 Å². The summed E-state index contributed by atoms with van der Waals surface area (Å²) in [6, 6.07) is 8.45. The normalized spacial score (nSPS) is 15.6. The average molecular weight is 402 g/mol. The van der Waals surface area contributed by atoms with Gasteiger partial charge in [-0.15, -0.1) is 0 Å². The Bertz CT molecular complexity index is 1030. The highest BCUT2D eigenvalue weighted by atomic mass is 19.2. The maximum absolute atomic E-state index is 14.0. The molecule has 1 aliphatic rings. The van der Waals surface area contributed by atoms with E-state index >= 15 is 0 Å². The predicted molar refractivity (Wildman–Crippen MR) is 98.1 cm³/mol. The van der Waals surface area contributed by atoms with Crippen molar-refractivity contribution in [3.63, 3.8) is 0 Å². The first kappa shape index (κ1) is 20.3. The van der Waals surface area contributed by atoms with Gasteiger partial charge in [0, 0.05) is 11.1 Å². The molecule has 3 rings (SSSR count). The van der Waals surface area contributed by atoms with E-state index in [4.69, 9.17) is 0 Å². The topological polar surface area (TPSA) is 43.4 Å². The molecule has 0 fully saturated rings. The van der Waals surface area contributed by atoms with Crippen LogP contribution in [0.1, 0.15) is 22.3 Å². The number of ether oxygens (including phenoxy) is 1. The lowest BCUT2D eigenvalue weighted by Crippen LogP contribution is -2.22. The minimum atomic E-state index is -1.83. The number of hydrogen-bond donors (Lipinski definition) is 0. The Morgan fingerprint density at radius 2 is 1.62 bits per heavy atom. The van der Waals surface area contributed by atoms with Crippen LogP contribution >= 0.6 is 0 Å². The zero-order chi connectivity index (χ0) is 21.1. The lowest BCUT2D eigenvalue weighted by molar-refractivity contribution is -0.137. The molecule has 1 unspecified atom stereocenters. The molecule has 148 valence electrons. The summed E-state index contributed by atoms with van der Waals surface area (Å²) in [6.45, 7) is 3.08. The van der Waals surface area contributed by atoms with Crippen LogP contribution in [0, 0.1) is 29.2 Å². The smallest absolute Gasteiger partial charge is 0.318 e. The summed E-state index contributed by atoms with van der Waals surface area (Å²) in [7, 11) is 0. The Balaban J connectivity index is 1.76. The van der Waals surface area contributed by atoms with Crippen molar-refractivity contribution >= 4 is 17.8 Å². The van der Waals surface area contributed by atoms with Crippen molar-refractivity contribution in [2.24, 2.45) is 5.92 Å². The highest BCUT2D eigenvalue weighted by Crippen LogP contribution is 2.32. The molecule has 0 bridgehead atoms. The first-order valence-corrected chi connectivity index (χ1v) is 8.53. The number of hydrogen-bond acceptors (Lipinski definition) is 3. The standard InChI is InChI=1S/C22H14F4O3/c1-2-15-16(23)18(25)21(19(26)17(15)24)29-22(28)14-10-8-13(9-11-14)20(27)12-6-4-3-5-7-12/h2-10,14H,1,11H2. The van der Waals surface area contributed by atoms with Gasteiger partial charge in [-0.2, -0.15) is 8.78 Å². The van der Waals surface area contributed by atoms with E-state index in [1.165, 1.54) is 18.2 Å². The molecule has 3 nitrogen and oxygen atoms in total. The minimum absolute atomic E-state index is 0.0161. The average Bonchev–Trinajstić information content (AvgIpc) is 2.76. The molecule has 1 atom stereocenters. The first-order valence-electron chi connectivity index (χ1n) is 8.53. The Hall–Kier alpha value is -3.48. The van der Waals surface area contributed by atoms with E-state index in [2.05, 4.69) is 11.3 Å². The third-order valence-electron chi connectivity index (χ3n) is 4.36. The quantitative estimate of drug-likeness (QED) is 0.228. The second-order valence-corrected chi connectivity index (χ2v) is 6.18. The van der Waals surface area contributed by atoms with Crippen molar-refractivity contribution in [2.45, 2.75) is 6.42 Å². The van der Waals surface area contributed by atoms with Gasteiger partial charge in [-0.25, -0.2) is 8.78 Å². The fourth-order valence-corrected chi connectivity index (χ4v) is 2.79. The third-order valence-corrected chi connectivity index (χ3v) is 4.36. The van der Waals surface area contributed by atoms with Crippen LogP contribution < -0.4 is 4.74 Å². The lowest BCUT2D eigenvalue weighted by atomic mass is 9.92. The summed E-state index contributed by atoms with van der Waals surface area (Å²) in [6.07, 6.45) is 4.83. The highest BCUT2D eigenvalue weighted by Gasteiger charge is 2.29. The van der Waals surface area contributed by atoms with Crippen LogP contribution in [0.3, 0.4) is 0 Å². The van der Waals surface area contributed by atoms with Crippen molar-refractivity contribution in [3.05, 3.63) is 95.1 Å². The van der Waals surface area contributed by atoms with Crippen LogP contribution in [0.5, 0.6) is 5.75 Å². The Morgan fingerprint density at radius 1 is 1.00 bits per heavy atom. The monoisotopic (exact) mass is 402 g/mol. The second kappa shape index (κ2) is 8.26. The zero-order valence-electron chi connectivity index (χ0n) is 14.9. The number of esters is 1. The number of carbonyl (C=O) groups excluding carboxylic acids is 2. The summed E-state index contributed by atoms with van der Waals surface area (Å²) in [4.78, 5) is 24.6. The van der Waals surface area contributed by atoms with Crippen molar-refractivity contribution in [3.8, 4) is 5.75 Å². The minimum Gasteiger partial charge on any atom is -0.420 e. The van der Waals surface area contributed by atoms with E-state index in [9.17, 15) is 27.2 Å². The third kappa shape index (κ3) is 3.89. The SMILES string of the molecule is C=Cc1c(F)c(F)c(OC(=O)C2C=CC(C(=O)c3ccccc3)=CC2)c(F)c1F. The first-order chi connectivity index (χ1) is 13.8. The van der Waals surface area contributed by atoms with Gasteiger partial charge >= 0.3 is 5.97 Å². The summed E-state index contributed by atoms with van der Waals surface area (Å²) in [5.41, 5.74) is -0.198. The molecule has 2 aromatic rings. The fourth-order valence-electron chi connectivity index (χ4n) is 2.79. The van der Waals surface area contributed by atoms with Gasteiger partial charge < -0.3 is 4.74 Å². The number of allylic oxidation sites excluding steroid dienone is 3. The van der Waals surface area contributed by atoms with E-state index < -0.39 is 46.5 Å². The molecule has 0 aromatic heterocycles. The van der Waals surface area contributed by atoms with Gasteiger partial charge in [0.25, 0.3) is 0 Å². The molecule has 0 saturated heterocycles. The van der Waals surface area contributed by atoms with Crippen LogP contribution in [0.15, 0.2) is 60.7 Å². The Morgan fingerprint density at radius 3 is 2.14 bits per heavy atom. The maximum Gasteiger partial charge on any atom is 0.318 e. The van der Waals surface area contributed by atoms with Crippen molar-refractivity contribution in [1.82, 2.24) is 0 Å². The van der Waals surface area contributed by atoms with Gasteiger partial charge in [0.2, 0.25) is 17.4 Å². The summed E-state index contributed by atoms with van der Waals surface area (Å²) >= 11 is 0. The molecule has 0 saturated carbocycles. The van der Waals surface area contributed by atoms with Crippen LogP contribution in [0.25, 0.3) is 6.08 Å². The summed E-state index contributed by atoms with van der Waals surface area (Å²) < 4.78 is 60.2. The van der Waals surface area contributed by atoms with Crippen molar-refractivity contribution in [1.29, 1.82) is 0 Å². The molecule has 0 spiro atoms. The second-order valence-electron chi connectivity index (χ2n) is 6.18. The highest BCUT2D eigenvalue weighted by molar-refractivity contribution is 6.10. The summed E-state index contributed by atoms with van der Waals surface area (Å²) in [5.74, 6) is -10.9. The molecule has 0 radical (unpaired) electrons. The van der Waals surface area contributed by atoms with E-state index in [1.807, 2.05) is 0 Å². The number of carbonyl (C=O) groups is 2. The number of rotatable bonds is 5. The van der Waals surface area contributed by atoms with Gasteiger partial charge in [-0.3, -0.25) is 9.59 Å². The number of halogens is 4. The van der Waals surface area contributed by atoms with Gasteiger partial charge in [0.05, 0.1) is 11.5 Å². The van der Waals surface area contributed by atoms with Crippen LogP contribution in [0.4, 0.5) is 17.6 Å². The number of ketones is 1. The molecule has 2 aromatic carbocycles. The molecule has 7 heteroatoms. The zero-order valence-corrected chi connectivity index (χ0v) is 14.9. The largest absolute Gasteiger partial charge is 0.420 e. The van der Waals surface area contributed by atoms with Crippen molar-refractivity contribution in [2.75, 3.05) is 0 Å². The summed E-state index contributed by atoms with van der Waals surface area (Å²) in [5, 5.41) is 0. The van der Waals surface area contributed by atoms with Crippen molar-refractivity contribution < 1.29 is 31.9 Å².